The Morgan fingerprint density at radius 1 is 0.800 bits per heavy atom. The molecule has 3 aliphatic carbocycles. The minimum atomic E-state index is 0.00150. The van der Waals surface area contributed by atoms with Crippen molar-refractivity contribution < 1.29 is 0 Å². The van der Waals surface area contributed by atoms with Crippen molar-refractivity contribution in [3.63, 3.8) is 0 Å². The first-order valence-corrected chi connectivity index (χ1v) is 12.1. The molecule has 2 atom stereocenters. The van der Waals surface area contributed by atoms with Crippen LogP contribution in [0.2, 0.25) is 0 Å². The Morgan fingerprint density at radius 3 is 2.00 bits per heavy atom. The number of fused-ring (bicyclic) bond motifs is 1. The first kappa shape index (κ1) is 17.5. The van der Waals surface area contributed by atoms with Crippen molar-refractivity contribution in [3.05, 3.63) is 46.8 Å². The molecule has 0 N–H and O–H groups in total. The van der Waals surface area contributed by atoms with Crippen molar-refractivity contribution in [2.24, 2.45) is 0 Å². The number of hydrogen-bond acceptors (Lipinski definition) is 0. The van der Waals surface area contributed by atoms with Gasteiger partial charge in [-0.05, 0) is 55.4 Å². The molecule has 0 bridgehead atoms. The molecule has 0 radical (unpaired) electrons. The summed E-state index contributed by atoms with van der Waals surface area (Å²) in [6.07, 6.45) is 17.0. The van der Waals surface area contributed by atoms with Crippen molar-refractivity contribution in [3.8, 4) is 0 Å². The normalized spacial score (nSPS) is 28.5. The predicted octanol–water partition coefficient (Wildman–Crippen LogP) is 7.11. The summed E-state index contributed by atoms with van der Waals surface area (Å²) in [5.41, 5.74) is 5.45. The molecule has 1 aromatic rings. The molecule has 134 valence electrons. The summed E-state index contributed by atoms with van der Waals surface area (Å²) in [6.45, 7) is 8.01. The molecule has 2 saturated carbocycles. The molecule has 2 unspecified atom stereocenters. The van der Waals surface area contributed by atoms with E-state index in [1.807, 2.05) is 0 Å². The quantitative estimate of drug-likeness (QED) is 0.403. The molecule has 25 heavy (non-hydrogen) atoms. The van der Waals surface area contributed by atoms with Crippen LogP contribution in [0.1, 0.15) is 87.8 Å². The van der Waals surface area contributed by atoms with Crippen molar-refractivity contribution >= 4 is 7.92 Å². The SMILES string of the molecule is [C-]#[N+]C1c2ccccc2CCC1P(C1CCCCC1)C1CCCCC1. The third kappa shape index (κ3) is 3.66. The highest BCUT2D eigenvalue weighted by atomic mass is 31.1. The van der Waals surface area contributed by atoms with E-state index in [0.29, 0.717) is 5.66 Å². The zero-order valence-corrected chi connectivity index (χ0v) is 16.4. The van der Waals surface area contributed by atoms with Crippen LogP contribution in [0.25, 0.3) is 4.85 Å². The molecule has 4 rings (SSSR count). The molecule has 2 heteroatoms. The fraction of sp³-hybridized carbons (Fsp3) is 0.696. The third-order valence-electron chi connectivity index (χ3n) is 6.96. The minimum absolute atomic E-state index is 0.00150. The van der Waals surface area contributed by atoms with Gasteiger partial charge in [-0.3, -0.25) is 0 Å². The van der Waals surface area contributed by atoms with Gasteiger partial charge in [-0.2, -0.15) is 0 Å². The van der Waals surface area contributed by atoms with Gasteiger partial charge in [-0.15, -0.1) is 0 Å². The van der Waals surface area contributed by atoms with Crippen LogP contribution >= 0.6 is 7.92 Å². The zero-order valence-electron chi connectivity index (χ0n) is 15.5. The van der Waals surface area contributed by atoms with E-state index >= 15 is 0 Å². The highest BCUT2D eigenvalue weighted by molar-refractivity contribution is 7.60. The molecular formula is C23H32NP. The van der Waals surface area contributed by atoms with Crippen LogP contribution in [0.3, 0.4) is 0 Å². The van der Waals surface area contributed by atoms with Crippen LogP contribution in [-0.2, 0) is 6.42 Å². The number of aryl methyl sites for hydroxylation is 1. The predicted molar refractivity (Wildman–Crippen MR) is 109 cm³/mol. The van der Waals surface area contributed by atoms with Crippen LogP contribution < -0.4 is 0 Å². The largest absolute Gasteiger partial charge is 0.308 e. The Morgan fingerprint density at radius 2 is 1.40 bits per heavy atom. The zero-order chi connectivity index (χ0) is 17.1. The van der Waals surface area contributed by atoms with Gasteiger partial charge in [0.15, 0.2) is 0 Å². The van der Waals surface area contributed by atoms with E-state index in [1.54, 1.807) is 0 Å². The van der Waals surface area contributed by atoms with E-state index in [4.69, 9.17) is 6.57 Å². The molecule has 3 aliphatic rings. The van der Waals surface area contributed by atoms with Crippen LogP contribution in [-0.4, -0.2) is 17.0 Å². The van der Waals surface area contributed by atoms with Gasteiger partial charge >= 0.3 is 0 Å². The summed E-state index contributed by atoms with van der Waals surface area (Å²) in [6, 6.07) is 9.00. The molecule has 1 nitrogen and oxygen atoms in total. The van der Waals surface area contributed by atoms with Gasteiger partial charge in [0.2, 0.25) is 0 Å². The second-order valence-electron chi connectivity index (χ2n) is 8.41. The van der Waals surface area contributed by atoms with E-state index in [9.17, 15) is 0 Å². The van der Waals surface area contributed by atoms with E-state index in [2.05, 4.69) is 29.1 Å². The lowest BCUT2D eigenvalue weighted by Gasteiger charge is -2.44. The maximum Gasteiger partial charge on any atom is 0.255 e. The highest BCUT2D eigenvalue weighted by Crippen LogP contribution is 2.64. The minimum Gasteiger partial charge on any atom is -0.308 e. The number of benzene rings is 1. The Balaban J connectivity index is 1.65. The van der Waals surface area contributed by atoms with Gasteiger partial charge in [-0.25, -0.2) is 6.57 Å². The van der Waals surface area contributed by atoms with Crippen LogP contribution in [0, 0.1) is 6.57 Å². The molecule has 2 fully saturated rings. The Bertz CT molecular complexity index is 589. The molecule has 0 spiro atoms. The Labute approximate surface area is 155 Å². The summed E-state index contributed by atoms with van der Waals surface area (Å²) >= 11 is 0. The molecule has 0 saturated heterocycles. The first-order chi connectivity index (χ1) is 12.4. The second kappa shape index (κ2) is 8.22. The summed E-state index contributed by atoms with van der Waals surface area (Å²) in [7, 11) is 0.00150. The Kier molecular flexibility index (Phi) is 5.77. The van der Waals surface area contributed by atoms with Gasteiger partial charge in [0, 0.05) is 5.56 Å². The van der Waals surface area contributed by atoms with Crippen molar-refractivity contribution in [1.29, 1.82) is 0 Å². The molecule has 0 heterocycles. The number of rotatable bonds is 3. The first-order valence-electron chi connectivity index (χ1n) is 10.6. The maximum absolute atomic E-state index is 8.01. The Hall–Kier alpha value is -0.860. The van der Waals surface area contributed by atoms with Gasteiger partial charge in [0.05, 0.1) is 5.66 Å². The number of hydrogen-bond donors (Lipinski definition) is 0. The van der Waals surface area contributed by atoms with Crippen LogP contribution in [0.4, 0.5) is 0 Å². The molecular weight excluding hydrogens is 321 g/mol. The highest BCUT2D eigenvalue weighted by Gasteiger charge is 2.45. The van der Waals surface area contributed by atoms with Gasteiger partial charge < -0.3 is 4.85 Å². The topological polar surface area (TPSA) is 4.36 Å². The van der Waals surface area contributed by atoms with E-state index < -0.39 is 0 Å². The van der Waals surface area contributed by atoms with Crippen molar-refractivity contribution in [1.82, 2.24) is 0 Å². The average molecular weight is 353 g/mol. The molecule has 0 amide bonds. The van der Waals surface area contributed by atoms with E-state index in [0.717, 1.165) is 11.3 Å². The van der Waals surface area contributed by atoms with Gasteiger partial charge in [0.25, 0.3) is 6.04 Å². The lowest BCUT2D eigenvalue weighted by Crippen LogP contribution is -2.32. The average Bonchev–Trinajstić information content (AvgIpc) is 2.69. The van der Waals surface area contributed by atoms with Crippen LogP contribution in [0.5, 0.6) is 0 Å². The molecule has 0 aliphatic heterocycles. The summed E-state index contributed by atoms with van der Waals surface area (Å²) in [5, 5.41) is 0. The number of nitrogens with zero attached hydrogens (tertiary/aromatic N) is 1. The summed E-state index contributed by atoms with van der Waals surface area (Å²) in [5.74, 6) is 0. The van der Waals surface area contributed by atoms with Crippen LogP contribution in [0.15, 0.2) is 24.3 Å². The third-order valence-corrected chi connectivity index (χ3v) is 11.0. The monoisotopic (exact) mass is 353 g/mol. The van der Waals surface area contributed by atoms with E-state index in [-0.39, 0.29) is 14.0 Å². The molecule has 1 aromatic carbocycles. The summed E-state index contributed by atoms with van der Waals surface area (Å²) < 4.78 is 0. The lowest BCUT2D eigenvalue weighted by atomic mass is 9.88. The fourth-order valence-corrected chi connectivity index (χ4v) is 10.4. The molecule has 0 aromatic heterocycles. The standard InChI is InChI=1S/C23H32NP/c1-24-23-21-15-9-8-10-18(21)16-17-22(23)25(19-11-4-2-5-12-19)20-13-6-3-7-14-20/h8-10,15,19-20,22-23H,2-7,11-14,16-17H2. The van der Waals surface area contributed by atoms with Gasteiger partial charge in [-0.1, -0.05) is 70.7 Å². The second-order valence-corrected chi connectivity index (χ2v) is 11.4. The van der Waals surface area contributed by atoms with E-state index in [1.165, 1.54) is 88.2 Å². The fourth-order valence-electron chi connectivity index (χ4n) is 5.78. The maximum atomic E-state index is 8.01. The van der Waals surface area contributed by atoms with Crippen molar-refractivity contribution in [2.45, 2.75) is 100 Å². The van der Waals surface area contributed by atoms with Crippen molar-refractivity contribution in [2.75, 3.05) is 0 Å². The van der Waals surface area contributed by atoms with Gasteiger partial charge in [0.1, 0.15) is 0 Å². The summed E-state index contributed by atoms with van der Waals surface area (Å²) in [4.78, 5) is 4.25. The lowest BCUT2D eigenvalue weighted by molar-refractivity contribution is 0.474. The smallest absolute Gasteiger partial charge is 0.255 e.